The van der Waals surface area contributed by atoms with Crippen LogP contribution >= 0.6 is 0 Å². The molecule has 2 fully saturated rings. The van der Waals surface area contributed by atoms with Gasteiger partial charge in [0.1, 0.15) is 0 Å². The Morgan fingerprint density at radius 3 is 2.50 bits per heavy atom. The van der Waals surface area contributed by atoms with Crippen LogP contribution in [0.1, 0.15) is 51.4 Å². The average molecular weight is 254 g/mol. The topological polar surface area (TPSA) is 52.6 Å². The maximum absolute atomic E-state index is 12.3. The molecule has 104 valence electrons. The fourth-order valence-electron chi connectivity index (χ4n) is 3.15. The van der Waals surface area contributed by atoms with Crippen LogP contribution in [0.5, 0.6) is 0 Å². The van der Waals surface area contributed by atoms with Gasteiger partial charge in [-0.25, -0.2) is 0 Å². The second kappa shape index (κ2) is 6.02. The maximum Gasteiger partial charge on any atom is 0.225 e. The van der Waals surface area contributed by atoms with Crippen LogP contribution in [0.15, 0.2) is 0 Å². The number of nitrogens with zero attached hydrogens (tertiary/aromatic N) is 1. The van der Waals surface area contributed by atoms with Crippen molar-refractivity contribution in [1.82, 2.24) is 10.2 Å². The van der Waals surface area contributed by atoms with Crippen molar-refractivity contribution in [3.8, 4) is 0 Å². The SMILES string of the molecule is CN(C(=O)CC1(O)CCNCC1)C1CCCCC1. The second-order valence-corrected chi connectivity index (χ2v) is 5.95. The Kier molecular flexibility index (Phi) is 4.62. The van der Waals surface area contributed by atoms with Crippen molar-refractivity contribution in [2.75, 3.05) is 20.1 Å². The van der Waals surface area contributed by atoms with Gasteiger partial charge < -0.3 is 15.3 Å². The monoisotopic (exact) mass is 254 g/mol. The van der Waals surface area contributed by atoms with Gasteiger partial charge in [-0.05, 0) is 38.8 Å². The van der Waals surface area contributed by atoms with E-state index in [2.05, 4.69) is 5.32 Å². The summed E-state index contributed by atoms with van der Waals surface area (Å²) in [5.41, 5.74) is -0.773. The Labute approximate surface area is 110 Å². The van der Waals surface area contributed by atoms with E-state index in [1.165, 1.54) is 19.3 Å². The lowest BCUT2D eigenvalue weighted by Gasteiger charge is -2.36. The molecule has 4 nitrogen and oxygen atoms in total. The number of rotatable bonds is 3. The van der Waals surface area contributed by atoms with E-state index in [4.69, 9.17) is 0 Å². The molecule has 2 aliphatic rings. The lowest BCUT2D eigenvalue weighted by molar-refractivity contribution is -0.138. The van der Waals surface area contributed by atoms with Gasteiger partial charge in [-0.1, -0.05) is 19.3 Å². The van der Waals surface area contributed by atoms with Crippen LogP contribution in [0.25, 0.3) is 0 Å². The van der Waals surface area contributed by atoms with Gasteiger partial charge in [-0.2, -0.15) is 0 Å². The summed E-state index contributed by atoms with van der Waals surface area (Å²) >= 11 is 0. The molecule has 0 aromatic heterocycles. The van der Waals surface area contributed by atoms with Gasteiger partial charge in [0.25, 0.3) is 0 Å². The number of carbonyl (C=O) groups is 1. The average Bonchev–Trinajstić information content (AvgIpc) is 2.39. The molecule has 0 bridgehead atoms. The smallest absolute Gasteiger partial charge is 0.225 e. The predicted octanol–water partition coefficient (Wildman–Crippen LogP) is 1.28. The fraction of sp³-hybridized carbons (Fsp3) is 0.929. The quantitative estimate of drug-likeness (QED) is 0.798. The molecule has 1 saturated carbocycles. The highest BCUT2D eigenvalue weighted by molar-refractivity contribution is 5.77. The van der Waals surface area contributed by atoms with Crippen LogP contribution in [-0.4, -0.2) is 47.7 Å². The van der Waals surface area contributed by atoms with Gasteiger partial charge in [0.05, 0.1) is 12.0 Å². The van der Waals surface area contributed by atoms with Crippen molar-refractivity contribution in [3.05, 3.63) is 0 Å². The van der Waals surface area contributed by atoms with E-state index in [1.54, 1.807) is 0 Å². The molecule has 18 heavy (non-hydrogen) atoms. The highest BCUT2D eigenvalue weighted by Gasteiger charge is 2.34. The summed E-state index contributed by atoms with van der Waals surface area (Å²) in [6.07, 6.45) is 7.70. The van der Waals surface area contributed by atoms with Gasteiger partial charge in [0.2, 0.25) is 5.91 Å². The van der Waals surface area contributed by atoms with Crippen molar-refractivity contribution >= 4 is 5.91 Å². The molecular weight excluding hydrogens is 228 g/mol. The molecule has 0 spiro atoms. The zero-order valence-electron chi connectivity index (χ0n) is 11.5. The maximum atomic E-state index is 12.3. The first kappa shape index (κ1) is 13.8. The largest absolute Gasteiger partial charge is 0.389 e. The molecule has 1 amide bonds. The normalized spacial score (nSPS) is 24.8. The van der Waals surface area contributed by atoms with Crippen molar-refractivity contribution in [2.24, 2.45) is 0 Å². The molecule has 4 heteroatoms. The van der Waals surface area contributed by atoms with E-state index in [-0.39, 0.29) is 5.91 Å². The molecule has 2 rings (SSSR count). The van der Waals surface area contributed by atoms with Gasteiger partial charge in [0.15, 0.2) is 0 Å². The van der Waals surface area contributed by atoms with Crippen molar-refractivity contribution in [1.29, 1.82) is 0 Å². The first-order valence-electron chi connectivity index (χ1n) is 7.29. The summed E-state index contributed by atoms with van der Waals surface area (Å²) in [5, 5.41) is 13.6. The van der Waals surface area contributed by atoms with E-state index in [9.17, 15) is 9.90 Å². The third-order valence-corrected chi connectivity index (χ3v) is 4.53. The minimum atomic E-state index is -0.773. The Bertz CT molecular complexity index is 282. The molecule has 1 aliphatic heterocycles. The summed E-state index contributed by atoms with van der Waals surface area (Å²) in [6, 6.07) is 0.400. The van der Waals surface area contributed by atoms with Gasteiger partial charge in [-0.15, -0.1) is 0 Å². The summed E-state index contributed by atoms with van der Waals surface area (Å²) in [5.74, 6) is 0.117. The van der Waals surface area contributed by atoms with E-state index in [1.807, 2.05) is 11.9 Å². The van der Waals surface area contributed by atoms with Gasteiger partial charge in [-0.3, -0.25) is 4.79 Å². The third kappa shape index (κ3) is 3.45. The van der Waals surface area contributed by atoms with Crippen LogP contribution in [-0.2, 0) is 4.79 Å². The third-order valence-electron chi connectivity index (χ3n) is 4.53. The van der Waals surface area contributed by atoms with E-state index < -0.39 is 5.60 Å². The Morgan fingerprint density at radius 2 is 1.89 bits per heavy atom. The van der Waals surface area contributed by atoms with Gasteiger partial charge in [0, 0.05) is 13.1 Å². The van der Waals surface area contributed by atoms with E-state index >= 15 is 0 Å². The number of piperidine rings is 1. The number of amides is 1. The van der Waals surface area contributed by atoms with E-state index in [0.29, 0.717) is 25.3 Å². The number of carbonyl (C=O) groups excluding carboxylic acids is 1. The molecule has 0 atom stereocenters. The molecular formula is C14H26N2O2. The molecule has 0 aromatic carbocycles. The van der Waals surface area contributed by atoms with Crippen LogP contribution in [0, 0.1) is 0 Å². The molecule has 2 N–H and O–H groups in total. The predicted molar refractivity (Wildman–Crippen MR) is 71.3 cm³/mol. The fourth-order valence-corrected chi connectivity index (χ4v) is 3.15. The number of nitrogens with one attached hydrogen (secondary N) is 1. The molecule has 0 aromatic rings. The minimum absolute atomic E-state index is 0.117. The van der Waals surface area contributed by atoms with Crippen molar-refractivity contribution in [3.63, 3.8) is 0 Å². The first-order chi connectivity index (χ1) is 8.61. The molecule has 1 heterocycles. The highest BCUT2D eigenvalue weighted by atomic mass is 16.3. The number of aliphatic hydroxyl groups is 1. The van der Waals surface area contributed by atoms with Gasteiger partial charge >= 0.3 is 0 Å². The molecule has 0 unspecified atom stereocenters. The van der Waals surface area contributed by atoms with Crippen molar-refractivity contribution in [2.45, 2.75) is 63.0 Å². The summed E-state index contributed by atoms with van der Waals surface area (Å²) in [7, 11) is 1.91. The van der Waals surface area contributed by atoms with Crippen LogP contribution in [0.4, 0.5) is 0 Å². The van der Waals surface area contributed by atoms with Crippen molar-refractivity contribution < 1.29 is 9.90 Å². The molecule has 1 aliphatic carbocycles. The zero-order valence-corrected chi connectivity index (χ0v) is 11.5. The number of hydrogen-bond acceptors (Lipinski definition) is 3. The Morgan fingerprint density at radius 1 is 1.28 bits per heavy atom. The standard InChI is InChI=1S/C14H26N2O2/c1-16(12-5-3-2-4-6-12)13(17)11-14(18)7-9-15-10-8-14/h12,15,18H,2-11H2,1H3. The molecule has 1 saturated heterocycles. The second-order valence-electron chi connectivity index (χ2n) is 5.95. The lowest BCUT2D eigenvalue weighted by Crippen LogP contribution is -2.47. The summed E-state index contributed by atoms with van der Waals surface area (Å²) < 4.78 is 0. The number of hydrogen-bond donors (Lipinski definition) is 2. The van der Waals surface area contributed by atoms with E-state index in [0.717, 1.165) is 25.9 Å². The minimum Gasteiger partial charge on any atom is -0.389 e. The first-order valence-corrected chi connectivity index (χ1v) is 7.29. The van der Waals surface area contributed by atoms with Crippen LogP contribution in [0.3, 0.4) is 0 Å². The lowest BCUT2D eigenvalue weighted by atomic mass is 9.88. The Balaban J connectivity index is 1.85. The van der Waals surface area contributed by atoms with Crippen LogP contribution < -0.4 is 5.32 Å². The highest BCUT2D eigenvalue weighted by Crippen LogP contribution is 2.26. The Hall–Kier alpha value is -0.610. The molecule has 0 radical (unpaired) electrons. The zero-order chi connectivity index (χ0) is 13.0. The summed E-state index contributed by atoms with van der Waals surface area (Å²) in [4.78, 5) is 14.1. The summed E-state index contributed by atoms with van der Waals surface area (Å²) in [6.45, 7) is 1.63. The van der Waals surface area contributed by atoms with Crippen LogP contribution in [0.2, 0.25) is 0 Å².